The summed E-state index contributed by atoms with van der Waals surface area (Å²) >= 11 is 0. The number of hydrogen-bond donors (Lipinski definition) is 0. The first-order valence-corrected chi connectivity index (χ1v) is 5.91. The van der Waals surface area contributed by atoms with Crippen LogP contribution in [0.2, 0.25) is 0 Å². The fraction of sp³-hybridized carbons (Fsp3) is 0.400. The molecule has 0 aliphatic carbocycles. The second kappa shape index (κ2) is 14.3. The number of hydrogen-bond acceptors (Lipinski definition) is 0. The van der Waals surface area contributed by atoms with Gasteiger partial charge in [0.05, 0.1) is 0 Å². The summed E-state index contributed by atoms with van der Waals surface area (Å²) in [4.78, 5) is 0. The van der Waals surface area contributed by atoms with Gasteiger partial charge in [-0.25, -0.2) is 0 Å². The van der Waals surface area contributed by atoms with Crippen molar-refractivity contribution in [2.75, 3.05) is 0 Å². The quantitative estimate of drug-likeness (QED) is 0.307. The number of allylic oxidation sites excluding steroid dienone is 2. The topological polar surface area (TPSA) is 0 Å². The molecule has 0 atom stereocenters. The molecule has 0 bridgehead atoms. The van der Waals surface area contributed by atoms with E-state index in [1.165, 1.54) is 24.8 Å². The summed E-state index contributed by atoms with van der Waals surface area (Å²) in [6.45, 7) is 3.84. The van der Waals surface area contributed by atoms with E-state index in [9.17, 15) is 0 Å². The minimum Gasteiger partial charge on any atom is -1.00 e. The second-order valence-electron chi connectivity index (χ2n) is 3.85. The SMILES string of the molecule is [Br-].[CH2-]CCCC/C=C/CCc1ccccc1.[Mg+2]. The van der Waals surface area contributed by atoms with Crippen molar-refractivity contribution in [3.8, 4) is 0 Å². The Kier molecular flexibility index (Phi) is 16.4. The van der Waals surface area contributed by atoms with Crippen molar-refractivity contribution in [1.82, 2.24) is 0 Å². The van der Waals surface area contributed by atoms with Gasteiger partial charge in [0.15, 0.2) is 0 Å². The van der Waals surface area contributed by atoms with E-state index in [1.54, 1.807) is 0 Å². The van der Waals surface area contributed by atoms with E-state index in [0.29, 0.717) is 0 Å². The summed E-state index contributed by atoms with van der Waals surface area (Å²) in [6, 6.07) is 10.7. The van der Waals surface area contributed by atoms with Crippen molar-refractivity contribution in [2.24, 2.45) is 0 Å². The van der Waals surface area contributed by atoms with Crippen molar-refractivity contribution in [3.05, 3.63) is 55.0 Å². The summed E-state index contributed by atoms with van der Waals surface area (Å²) < 4.78 is 0. The first-order valence-electron chi connectivity index (χ1n) is 5.91. The molecule has 0 unspecified atom stereocenters. The van der Waals surface area contributed by atoms with Gasteiger partial charge < -0.3 is 23.9 Å². The average Bonchev–Trinajstić information content (AvgIpc) is 2.29. The molecule has 0 fully saturated rings. The predicted octanol–water partition coefficient (Wildman–Crippen LogP) is 1.19. The van der Waals surface area contributed by atoms with Crippen LogP contribution in [0.5, 0.6) is 0 Å². The Bertz CT molecular complexity index is 270. The van der Waals surface area contributed by atoms with E-state index >= 15 is 0 Å². The molecule has 0 aliphatic rings. The van der Waals surface area contributed by atoms with Crippen molar-refractivity contribution in [2.45, 2.75) is 38.5 Å². The molecule has 0 saturated heterocycles. The molecule has 17 heavy (non-hydrogen) atoms. The Hall–Kier alpha value is 0.206. The molecule has 0 spiro atoms. The van der Waals surface area contributed by atoms with Crippen molar-refractivity contribution in [3.63, 3.8) is 0 Å². The molecule has 90 valence electrons. The number of rotatable bonds is 7. The zero-order valence-corrected chi connectivity index (χ0v) is 13.6. The van der Waals surface area contributed by atoms with Gasteiger partial charge in [-0.1, -0.05) is 55.3 Å². The van der Waals surface area contributed by atoms with Crippen molar-refractivity contribution in [1.29, 1.82) is 0 Å². The molecule has 0 saturated carbocycles. The zero-order valence-electron chi connectivity index (χ0n) is 10.6. The van der Waals surface area contributed by atoms with Gasteiger partial charge in [-0.3, -0.25) is 0 Å². The number of unbranched alkanes of at least 4 members (excludes halogenated alkanes) is 3. The normalized spacial score (nSPS) is 9.71. The Labute approximate surface area is 133 Å². The molecule has 0 N–H and O–H groups in total. The van der Waals surface area contributed by atoms with Crippen LogP contribution in [0.1, 0.15) is 37.7 Å². The van der Waals surface area contributed by atoms with Crippen LogP contribution in [0.15, 0.2) is 42.5 Å². The summed E-state index contributed by atoms with van der Waals surface area (Å²) in [5.41, 5.74) is 1.43. The standard InChI is InChI=1S/C15H21.BrH.Mg/c1-2-3-4-5-6-7-9-12-15-13-10-8-11-14-15;;/h6-8,10-11,13-14H,1-5,9,12H2;1H;/q-1;;+2/p-1/b7-6+;;. The smallest absolute Gasteiger partial charge is 1.00 e. The summed E-state index contributed by atoms with van der Waals surface area (Å²) in [5, 5.41) is 0. The van der Waals surface area contributed by atoms with Crippen LogP contribution in [-0.4, -0.2) is 23.1 Å². The van der Waals surface area contributed by atoms with Crippen molar-refractivity contribution < 1.29 is 17.0 Å². The van der Waals surface area contributed by atoms with Crippen LogP contribution < -0.4 is 17.0 Å². The molecule has 1 aromatic carbocycles. The Morgan fingerprint density at radius 3 is 2.24 bits per heavy atom. The molecule has 1 aromatic rings. The summed E-state index contributed by atoms with van der Waals surface area (Å²) in [6.07, 6.45) is 11.7. The fourth-order valence-corrected chi connectivity index (χ4v) is 1.57. The first kappa shape index (κ1) is 19.5. The third-order valence-electron chi connectivity index (χ3n) is 2.48. The molecule has 2 heteroatoms. The third-order valence-corrected chi connectivity index (χ3v) is 2.48. The van der Waals surface area contributed by atoms with Gasteiger partial charge in [0, 0.05) is 0 Å². The van der Waals surface area contributed by atoms with Crippen LogP contribution in [0.3, 0.4) is 0 Å². The zero-order chi connectivity index (χ0) is 10.8. The van der Waals surface area contributed by atoms with Crippen LogP contribution >= 0.6 is 0 Å². The van der Waals surface area contributed by atoms with Crippen LogP contribution in [-0.2, 0) is 6.42 Å². The van der Waals surface area contributed by atoms with E-state index in [-0.39, 0.29) is 40.0 Å². The average molecular weight is 306 g/mol. The molecule has 0 amide bonds. The molecule has 0 heterocycles. The van der Waals surface area contributed by atoms with E-state index in [4.69, 9.17) is 0 Å². The number of benzene rings is 1. The molecular formula is C15H21BrMg. The van der Waals surface area contributed by atoms with Crippen molar-refractivity contribution >= 4 is 23.1 Å². The minimum absolute atomic E-state index is 0. The van der Waals surface area contributed by atoms with E-state index in [2.05, 4.69) is 49.4 Å². The van der Waals surface area contributed by atoms with Gasteiger partial charge in [-0.15, -0.1) is 0 Å². The molecular weight excluding hydrogens is 284 g/mol. The van der Waals surface area contributed by atoms with Gasteiger partial charge >= 0.3 is 23.1 Å². The molecule has 0 nitrogen and oxygen atoms in total. The maximum absolute atomic E-state index is 3.84. The maximum Gasteiger partial charge on any atom is 2.00 e. The fourth-order valence-electron chi connectivity index (χ4n) is 1.57. The van der Waals surface area contributed by atoms with E-state index < -0.39 is 0 Å². The number of halogens is 1. The monoisotopic (exact) mass is 304 g/mol. The molecule has 0 aliphatic heterocycles. The Balaban J connectivity index is 0. The van der Waals surface area contributed by atoms with Gasteiger partial charge in [0.1, 0.15) is 0 Å². The summed E-state index contributed by atoms with van der Waals surface area (Å²) in [7, 11) is 0. The number of aryl methyl sites for hydroxylation is 1. The van der Waals surface area contributed by atoms with E-state index in [0.717, 1.165) is 19.3 Å². The predicted molar refractivity (Wildman–Crippen MR) is 73.5 cm³/mol. The minimum atomic E-state index is 0. The molecule has 1 rings (SSSR count). The van der Waals surface area contributed by atoms with Crippen LogP contribution in [0.25, 0.3) is 0 Å². The van der Waals surface area contributed by atoms with Gasteiger partial charge in [0.2, 0.25) is 0 Å². The van der Waals surface area contributed by atoms with Gasteiger partial charge in [-0.05, 0) is 24.8 Å². The Morgan fingerprint density at radius 2 is 1.59 bits per heavy atom. The summed E-state index contributed by atoms with van der Waals surface area (Å²) in [5.74, 6) is 0. The largest absolute Gasteiger partial charge is 2.00 e. The Morgan fingerprint density at radius 1 is 0.941 bits per heavy atom. The second-order valence-corrected chi connectivity index (χ2v) is 3.85. The van der Waals surface area contributed by atoms with Crippen LogP contribution in [0, 0.1) is 6.92 Å². The first-order chi connectivity index (χ1) is 7.43. The maximum atomic E-state index is 3.84. The van der Waals surface area contributed by atoms with E-state index in [1.807, 2.05) is 0 Å². The third kappa shape index (κ3) is 11.0. The molecule has 0 aromatic heterocycles. The van der Waals surface area contributed by atoms with Gasteiger partial charge in [0.25, 0.3) is 0 Å². The molecule has 0 radical (unpaired) electrons. The van der Waals surface area contributed by atoms with Gasteiger partial charge in [-0.2, -0.15) is 6.42 Å². The van der Waals surface area contributed by atoms with Crippen LogP contribution in [0.4, 0.5) is 0 Å².